The molecule has 1 heterocycles. The van der Waals surface area contributed by atoms with E-state index < -0.39 is 10.0 Å². The molecule has 1 aromatic carbocycles. The van der Waals surface area contributed by atoms with Crippen molar-refractivity contribution in [1.29, 1.82) is 0 Å². The largest absolute Gasteiger partial charge is 0.353 e. The molecule has 2 saturated carbocycles. The minimum atomic E-state index is -3.55. The van der Waals surface area contributed by atoms with Crippen molar-refractivity contribution in [2.45, 2.75) is 50.3 Å². The monoisotopic (exact) mass is 444 g/mol. The number of fused-ring (bicyclic) bond motifs is 2. The number of hydrogen-bond acceptors (Lipinski definition) is 3. The zero-order chi connectivity index (χ0) is 19.9. The maximum Gasteiger partial charge on any atom is 0.224 e. The van der Waals surface area contributed by atoms with Gasteiger partial charge in [-0.2, -0.15) is 0 Å². The Labute approximate surface area is 176 Å². The van der Waals surface area contributed by atoms with Crippen LogP contribution in [0.1, 0.15) is 44.1 Å². The lowest BCUT2D eigenvalue weighted by Gasteiger charge is -2.33. The molecule has 0 radical (unpaired) electrons. The van der Waals surface area contributed by atoms with Crippen LogP contribution >= 0.6 is 23.2 Å². The molecule has 4 unspecified atom stereocenters. The quantitative estimate of drug-likeness (QED) is 0.749. The Bertz CT molecular complexity index is 861. The van der Waals surface area contributed by atoms with Gasteiger partial charge < -0.3 is 5.32 Å². The third-order valence-corrected chi connectivity index (χ3v) is 8.95. The fourth-order valence-corrected chi connectivity index (χ4v) is 7.25. The van der Waals surface area contributed by atoms with Crippen molar-refractivity contribution in [2.24, 2.45) is 17.8 Å². The summed E-state index contributed by atoms with van der Waals surface area (Å²) in [4.78, 5) is 12.8. The molecular weight excluding hydrogens is 419 g/mol. The Morgan fingerprint density at radius 3 is 2.68 bits per heavy atom. The number of carbonyl (C=O) groups is 1. The zero-order valence-electron chi connectivity index (χ0n) is 15.7. The van der Waals surface area contributed by atoms with E-state index >= 15 is 0 Å². The lowest BCUT2D eigenvalue weighted by atomic mass is 9.93. The Balaban J connectivity index is 1.39. The molecule has 5 nitrogen and oxygen atoms in total. The topological polar surface area (TPSA) is 66.5 Å². The van der Waals surface area contributed by atoms with E-state index in [0.717, 1.165) is 18.8 Å². The standard InChI is InChI=1S/C20H26Cl2N2O3S/c21-17-6-5-16(18(22)10-17)12-28(26,27)24-7-1-2-15(11-24)20(25)23-19-9-13-3-4-14(19)8-13/h5-6,10,13-15,19H,1-4,7-9,11-12H2,(H,23,25). The lowest BCUT2D eigenvalue weighted by molar-refractivity contribution is -0.127. The zero-order valence-corrected chi connectivity index (χ0v) is 18.1. The van der Waals surface area contributed by atoms with E-state index in [1.165, 1.54) is 23.6 Å². The molecule has 2 aliphatic carbocycles. The van der Waals surface area contributed by atoms with Crippen LogP contribution in [0.25, 0.3) is 0 Å². The van der Waals surface area contributed by atoms with Gasteiger partial charge in [0.15, 0.2) is 0 Å². The summed E-state index contributed by atoms with van der Waals surface area (Å²) >= 11 is 12.0. The average Bonchev–Trinajstić information content (AvgIpc) is 3.27. The van der Waals surface area contributed by atoms with Crippen LogP contribution in [0, 0.1) is 17.8 Å². The number of halogens is 2. The van der Waals surface area contributed by atoms with Crippen molar-refractivity contribution in [3.63, 3.8) is 0 Å². The summed E-state index contributed by atoms with van der Waals surface area (Å²) in [6, 6.07) is 5.12. The Hall–Kier alpha value is -0.820. The van der Waals surface area contributed by atoms with Crippen molar-refractivity contribution in [3.05, 3.63) is 33.8 Å². The molecular formula is C20H26Cl2N2O3S. The number of nitrogens with zero attached hydrogens (tertiary/aromatic N) is 1. The highest BCUT2D eigenvalue weighted by Gasteiger charge is 2.41. The smallest absolute Gasteiger partial charge is 0.224 e. The highest BCUT2D eigenvalue weighted by molar-refractivity contribution is 7.88. The third kappa shape index (κ3) is 4.35. The maximum absolute atomic E-state index is 12.9. The molecule has 1 aliphatic heterocycles. The van der Waals surface area contributed by atoms with Crippen LogP contribution < -0.4 is 5.32 Å². The highest BCUT2D eigenvalue weighted by atomic mass is 35.5. The summed E-state index contributed by atoms with van der Waals surface area (Å²) in [5, 5.41) is 4.04. The Morgan fingerprint density at radius 1 is 1.18 bits per heavy atom. The van der Waals surface area contributed by atoms with Crippen LogP contribution in [0.2, 0.25) is 10.0 Å². The predicted molar refractivity (Wildman–Crippen MR) is 111 cm³/mol. The summed E-state index contributed by atoms with van der Waals surface area (Å²) in [6.07, 6.45) is 6.25. The molecule has 1 N–H and O–H groups in total. The molecule has 4 rings (SSSR count). The van der Waals surface area contributed by atoms with Gasteiger partial charge in [-0.25, -0.2) is 12.7 Å². The fraction of sp³-hybridized carbons (Fsp3) is 0.650. The van der Waals surface area contributed by atoms with Crippen LogP contribution in [-0.2, 0) is 20.6 Å². The van der Waals surface area contributed by atoms with Gasteiger partial charge in [0.2, 0.25) is 15.9 Å². The van der Waals surface area contributed by atoms with Gasteiger partial charge in [-0.15, -0.1) is 0 Å². The first-order chi connectivity index (χ1) is 13.3. The van der Waals surface area contributed by atoms with E-state index in [0.29, 0.717) is 34.5 Å². The van der Waals surface area contributed by atoms with Gasteiger partial charge in [0.05, 0.1) is 11.7 Å². The molecule has 4 atom stereocenters. The molecule has 8 heteroatoms. The number of hydrogen-bond donors (Lipinski definition) is 1. The van der Waals surface area contributed by atoms with E-state index in [-0.39, 0.29) is 30.2 Å². The number of benzene rings is 1. The summed E-state index contributed by atoms with van der Waals surface area (Å²) in [6.45, 7) is 0.700. The van der Waals surface area contributed by atoms with Crippen LogP contribution in [0.3, 0.4) is 0 Å². The highest BCUT2D eigenvalue weighted by Crippen LogP contribution is 2.44. The Morgan fingerprint density at radius 2 is 2.00 bits per heavy atom. The van der Waals surface area contributed by atoms with E-state index in [1.54, 1.807) is 18.2 Å². The Kier molecular flexibility index (Phi) is 5.94. The van der Waals surface area contributed by atoms with Crippen molar-refractivity contribution in [2.75, 3.05) is 13.1 Å². The normalized spacial score (nSPS) is 30.5. The number of carbonyl (C=O) groups excluding carboxylic acids is 1. The van der Waals surface area contributed by atoms with Gasteiger partial charge in [-0.3, -0.25) is 4.79 Å². The second-order valence-corrected chi connectivity index (χ2v) is 11.3. The van der Waals surface area contributed by atoms with Crippen LogP contribution in [-0.4, -0.2) is 37.8 Å². The third-order valence-electron chi connectivity index (χ3n) is 6.57. The first-order valence-electron chi connectivity index (χ1n) is 10.0. The summed E-state index contributed by atoms with van der Waals surface area (Å²) < 4.78 is 27.3. The molecule has 1 aromatic rings. The van der Waals surface area contributed by atoms with Crippen molar-refractivity contribution < 1.29 is 13.2 Å². The summed E-state index contributed by atoms with van der Waals surface area (Å²) in [7, 11) is -3.55. The second-order valence-electron chi connectivity index (χ2n) is 8.48. The fourth-order valence-electron chi connectivity index (χ4n) is 5.06. The second kappa shape index (κ2) is 8.13. The minimum absolute atomic E-state index is 0.0157. The molecule has 1 saturated heterocycles. The van der Waals surface area contributed by atoms with Crippen LogP contribution in [0.4, 0.5) is 0 Å². The molecule has 3 aliphatic rings. The van der Waals surface area contributed by atoms with Crippen LogP contribution in [0.15, 0.2) is 18.2 Å². The number of sulfonamides is 1. The number of piperidine rings is 1. The molecule has 154 valence electrons. The van der Waals surface area contributed by atoms with Gasteiger partial charge in [0.25, 0.3) is 0 Å². The lowest BCUT2D eigenvalue weighted by Crippen LogP contribution is -2.48. The SMILES string of the molecule is O=C(NC1CC2CCC1C2)C1CCCN(S(=O)(=O)Cc2ccc(Cl)cc2Cl)C1. The van der Waals surface area contributed by atoms with Gasteiger partial charge in [0, 0.05) is 29.2 Å². The summed E-state index contributed by atoms with van der Waals surface area (Å²) in [5.41, 5.74) is 0.527. The molecule has 0 spiro atoms. The van der Waals surface area contributed by atoms with Crippen molar-refractivity contribution >= 4 is 39.1 Å². The molecule has 3 fully saturated rings. The molecule has 1 amide bonds. The van der Waals surface area contributed by atoms with Gasteiger partial charge >= 0.3 is 0 Å². The maximum atomic E-state index is 12.9. The number of nitrogens with one attached hydrogen (secondary N) is 1. The minimum Gasteiger partial charge on any atom is -0.353 e. The van der Waals surface area contributed by atoms with Crippen molar-refractivity contribution in [3.8, 4) is 0 Å². The van der Waals surface area contributed by atoms with E-state index in [1.807, 2.05) is 0 Å². The average molecular weight is 445 g/mol. The van der Waals surface area contributed by atoms with E-state index in [9.17, 15) is 13.2 Å². The van der Waals surface area contributed by atoms with Crippen LogP contribution in [0.5, 0.6) is 0 Å². The molecule has 2 bridgehead atoms. The number of rotatable bonds is 5. The number of amides is 1. The predicted octanol–water partition coefficient (Wildman–Crippen LogP) is 3.84. The van der Waals surface area contributed by atoms with Gasteiger partial charge in [0.1, 0.15) is 0 Å². The first-order valence-corrected chi connectivity index (χ1v) is 12.4. The summed E-state index contributed by atoms with van der Waals surface area (Å²) in [5.74, 6) is 0.946. The molecule has 28 heavy (non-hydrogen) atoms. The van der Waals surface area contributed by atoms with E-state index in [4.69, 9.17) is 23.2 Å². The van der Waals surface area contributed by atoms with Gasteiger partial charge in [-0.1, -0.05) is 35.7 Å². The van der Waals surface area contributed by atoms with E-state index in [2.05, 4.69) is 5.32 Å². The van der Waals surface area contributed by atoms with Gasteiger partial charge in [-0.05, 0) is 61.6 Å². The molecule has 0 aromatic heterocycles. The van der Waals surface area contributed by atoms with Crippen molar-refractivity contribution in [1.82, 2.24) is 9.62 Å². The first kappa shape index (κ1) is 20.5.